The summed E-state index contributed by atoms with van der Waals surface area (Å²) in [6.07, 6.45) is 1.81. The van der Waals surface area contributed by atoms with Gasteiger partial charge in [-0.15, -0.1) is 0 Å². The molecule has 0 spiro atoms. The van der Waals surface area contributed by atoms with E-state index in [-0.39, 0.29) is 18.1 Å². The van der Waals surface area contributed by atoms with Gasteiger partial charge in [0.2, 0.25) is 0 Å². The number of carbonyl (C=O) groups is 1. The standard InChI is InChI=1S/C24H41N3O4/c1-6-21-16-27(22(7-2)15-26(21)18-24(4,5)29)23(28)25-20-11-9-10-19(14-20)17-31-13-12-30-8-3/h9-11,14,21-22,29H,6-8,12-13,15-18H2,1-5H3,(H,25,28)/t21-,22-/m1/s1. The van der Waals surface area contributed by atoms with Gasteiger partial charge in [-0.05, 0) is 51.3 Å². The number of β-amino-alcohol motifs (C(OH)–C–C–N with tert-alkyl or cyclic N) is 1. The number of ether oxygens (including phenoxy) is 2. The van der Waals surface area contributed by atoms with Gasteiger partial charge in [0.25, 0.3) is 0 Å². The van der Waals surface area contributed by atoms with Crippen LogP contribution in [-0.2, 0) is 16.1 Å². The van der Waals surface area contributed by atoms with Crippen LogP contribution < -0.4 is 5.32 Å². The molecule has 1 saturated heterocycles. The molecule has 0 aromatic heterocycles. The molecule has 1 heterocycles. The smallest absolute Gasteiger partial charge is 0.322 e. The highest BCUT2D eigenvalue weighted by molar-refractivity contribution is 5.89. The summed E-state index contributed by atoms with van der Waals surface area (Å²) in [5, 5.41) is 13.4. The van der Waals surface area contributed by atoms with Crippen molar-refractivity contribution in [2.24, 2.45) is 0 Å². The Morgan fingerprint density at radius 1 is 1.13 bits per heavy atom. The molecule has 1 fully saturated rings. The van der Waals surface area contributed by atoms with Crippen LogP contribution in [0.5, 0.6) is 0 Å². The number of hydrogen-bond acceptors (Lipinski definition) is 5. The summed E-state index contributed by atoms with van der Waals surface area (Å²) in [7, 11) is 0. The van der Waals surface area contributed by atoms with Crippen molar-refractivity contribution < 1.29 is 19.4 Å². The second-order valence-electron chi connectivity index (χ2n) is 8.90. The lowest BCUT2D eigenvalue weighted by molar-refractivity contribution is -0.0173. The van der Waals surface area contributed by atoms with Gasteiger partial charge in [0.05, 0.1) is 25.4 Å². The quantitative estimate of drug-likeness (QED) is 0.518. The van der Waals surface area contributed by atoms with Crippen molar-refractivity contribution in [3.63, 3.8) is 0 Å². The highest BCUT2D eigenvalue weighted by atomic mass is 16.5. The van der Waals surface area contributed by atoms with Crippen molar-refractivity contribution in [3.05, 3.63) is 29.8 Å². The largest absolute Gasteiger partial charge is 0.389 e. The third kappa shape index (κ3) is 8.41. The van der Waals surface area contributed by atoms with Crippen LogP contribution in [-0.4, -0.2) is 78.1 Å². The number of rotatable bonds is 11. The predicted molar refractivity (Wildman–Crippen MR) is 124 cm³/mol. The Balaban J connectivity index is 1.98. The Kier molecular flexibility index (Phi) is 10.2. The van der Waals surface area contributed by atoms with Crippen molar-refractivity contribution in [1.29, 1.82) is 0 Å². The average molecular weight is 436 g/mol. The van der Waals surface area contributed by atoms with Crippen LogP contribution in [0, 0.1) is 0 Å². The Hall–Kier alpha value is -1.67. The van der Waals surface area contributed by atoms with E-state index in [9.17, 15) is 9.90 Å². The molecule has 1 aromatic carbocycles. The minimum Gasteiger partial charge on any atom is -0.389 e. The Labute approximate surface area is 187 Å². The SMILES string of the molecule is CCOCCOCc1cccc(NC(=O)N2C[C@@H](CC)N(CC(C)(C)O)C[C@H]2CC)c1. The first kappa shape index (κ1) is 25.6. The van der Waals surface area contributed by atoms with Crippen LogP contribution >= 0.6 is 0 Å². The molecular weight excluding hydrogens is 394 g/mol. The van der Waals surface area contributed by atoms with Crippen LogP contribution in [0.3, 0.4) is 0 Å². The summed E-state index contributed by atoms with van der Waals surface area (Å²) in [6, 6.07) is 8.09. The van der Waals surface area contributed by atoms with Crippen molar-refractivity contribution in [3.8, 4) is 0 Å². The first-order valence-corrected chi connectivity index (χ1v) is 11.6. The maximum Gasteiger partial charge on any atom is 0.322 e. The van der Waals surface area contributed by atoms with Crippen LogP contribution in [0.25, 0.3) is 0 Å². The molecule has 1 aromatic rings. The van der Waals surface area contributed by atoms with E-state index in [2.05, 4.69) is 24.1 Å². The molecule has 0 saturated carbocycles. The highest BCUT2D eigenvalue weighted by Gasteiger charge is 2.36. The molecule has 0 radical (unpaired) electrons. The lowest BCUT2D eigenvalue weighted by atomic mass is 10.00. The van der Waals surface area contributed by atoms with E-state index in [1.807, 2.05) is 49.9 Å². The second kappa shape index (κ2) is 12.4. The minimum absolute atomic E-state index is 0.0670. The maximum absolute atomic E-state index is 13.1. The Morgan fingerprint density at radius 3 is 2.48 bits per heavy atom. The summed E-state index contributed by atoms with van der Waals surface area (Å²) in [5.74, 6) is 0. The van der Waals surface area contributed by atoms with E-state index < -0.39 is 5.60 Å². The summed E-state index contributed by atoms with van der Waals surface area (Å²) in [5.41, 5.74) is 1.04. The van der Waals surface area contributed by atoms with Crippen LogP contribution in [0.1, 0.15) is 53.0 Å². The zero-order valence-corrected chi connectivity index (χ0v) is 19.9. The van der Waals surface area contributed by atoms with E-state index >= 15 is 0 Å². The number of piperazine rings is 1. The molecule has 0 aliphatic carbocycles. The number of hydrogen-bond donors (Lipinski definition) is 2. The zero-order valence-electron chi connectivity index (χ0n) is 19.9. The molecule has 2 rings (SSSR count). The molecule has 0 unspecified atom stereocenters. The molecule has 1 aliphatic rings. The number of amides is 2. The van der Waals surface area contributed by atoms with Gasteiger partial charge in [-0.1, -0.05) is 26.0 Å². The molecule has 2 amide bonds. The van der Waals surface area contributed by atoms with Gasteiger partial charge >= 0.3 is 6.03 Å². The normalized spacial score (nSPS) is 20.1. The summed E-state index contributed by atoms with van der Waals surface area (Å²) >= 11 is 0. The lowest BCUT2D eigenvalue weighted by Crippen LogP contribution is -2.62. The van der Waals surface area contributed by atoms with Crippen molar-refractivity contribution in [2.45, 2.75) is 71.8 Å². The fourth-order valence-electron chi connectivity index (χ4n) is 4.07. The molecule has 0 bridgehead atoms. The van der Waals surface area contributed by atoms with E-state index in [4.69, 9.17) is 9.47 Å². The maximum atomic E-state index is 13.1. The molecule has 2 N–H and O–H groups in total. The fourth-order valence-corrected chi connectivity index (χ4v) is 4.07. The number of carbonyl (C=O) groups excluding carboxylic acids is 1. The third-order valence-electron chi connectivity index (χ3n) is 5.63. The minimum atomic E-state index is -0.749. The van der Waals surface area contributed by atoms with E-state index in [0.29, 0.717) is 39.5 Å². The van der Waals surface area contributed by atoms with Gasteiger partial charge in [0, 0.05) is 44.0 Å². The Morgan fingerprint density at radius 2 is 1.84 bits per heavy atom. The Bertz CT molecular complexity index is 677. The lowest BCUT2D eigenvalue weighted by Gasteiger charge is -2.47. The summed E-state index contributed by atoms with van der Waals surface area (Å²) < 4.78 is 10.9. The molecule has 31 heavy (non-hydrogen) atoms. The zero-order chi connectivity index (χ0) is 22.9. The van der Waals surface area contributed by atoms with Gasteiger partial charge in [-0.2, -0.15) is 0 Å². The van der Waals surface area contributed by atoms with Gasteiger partial charge in [-0.25, -0.2) is 4.79 Å². The molecule has 7 nitrogen and oxygen atoms in total. The van der Waals surface area contributed by atoms with Crippen LogP contribution in [0.2, 0.25) is 0 Å². The second-order valence-corrected chi connectivity index (χ2v) is 8.90. The first-order valence-electron chi connectivity index (χ1n) is 11.6. The number of anilines is 1. The van der Waals surface area contributed by atoms with Crippen LogP contribution in [0.4, 0.5) is 10.5 Å². The van der Waals surface area contributed by atoms with Crippen molar-refractivity contribution in [1.82, 2.24) is 9.80 Å². The van der Waals surface area contributed by atoms with E-state index in [1.165, 1.54) is 0 Å². The molecule has 7 heteroatoms. The van der Waals surface area contributed by atoms with E-state index in [1.54, 1.807) is 0 Å². The van der Waals surface area contributed by atoms with Crippen molar-refractivity contribution >= 4 is 11.7 Å². The summed E-state index contributed by atoms with van der Waals surface area (Å²) in [4.78, 5) is 17.4. The third-order valence-corrected chi connectivity index (χ3v) is 5.63. The molecule has 1 aliphatic heterocycles. The number of benzene rings is 1. The number of urea groups is 1. The van der Waals surface area contributed by atoms with Gasteiger partial charge in [0.1, 0.15) is 0 Å². The van der Waals surface area contributed by atoms with Crippen LogP contribution in [0.15, 0.2) is 24.3 Å². The predicted octanol–water partition coefficient (Wildman–Crippen LogP) is 3.72. The molecule has 176 valence electrons. The monoisotopic (exact) mass is 435 g/mol. The number of nitrogens with zero attached hydrogens (tertiary/aromatic N) is 2. The first-order chi connectivity index (χ1) is 14.8. The average Bonchev–Trinajstić information content (AvgIpc) is 2.72. The molecular formula is C24H41N3O4. The van der Waals surface area contributed by atoms with Gasteiger partial charge < -0.3 is 24.8 Å². The summed E-state index contributed by atoms with van der Waals surface area (Å²) in [6.45, 7) is 14.3. The van der Waals surface area contributed by atoms with E-state index in [0.717, 1.165) is 30.6 Å². The fraction of sp³-hybridized carbons (Fsp3) is 0.708. The van der Waals surface area contributed by atoms with Gasteiger partial charge in [0.15, 0.2) is 0 Å². The topological polar surface area (TPSA) is 74.3 Å². The van der Waals surface area contributed by atoms with Crippen molar-refractivity contribution in [2.75, 3.05) is 44.8 Å². The highest BCUT2D eigenvalue weighted by Crippen LogP contribution is 2.23. The van der Waals surface area contributed by atoms with Gasteiger partial charge in [-0.3, -0.25) is 4.90 Å². The molecule has 2 atom stereocenters. The number of nitrogens with one attached hydrogen (secondary N) is 1. The number of aliphatic hydroxyl groups is 1.